The standard InChI is InChI=1S/C18H25N3O5/c1-25-18(24)20-9-5-8-19(11-12-20)16(22)14-6-2-3-10-21(14)17(23)15-7-4-13-26-15/h4,7,13-14H,2-3,5-6,8-12H2,1H3. The Morgan fingerprint density at radius 1 is 1.04 bits per heavy atom. The second-order valence-electron chi connectivity index (χ2n) is 6.62. The Morgan fingerprint density at radius 2 is 1.81 bits per heavy atom. The number of ether oxygens (including phenoxy) is 1. The van der Waals surface area contributed by atoms with Crippen LogP contribution in [0, 0.1) is 0 Å². The highest BCUT2D eigenvalue weighted by molar-refractivity contribution is 5.95. The van der Waals surface area contributed by atoms with E-state index < -0.39 is 6.04 Å². The zero-order valence-electron chi connectivity index (χ0n) is 15.1. The van der Waals surface area contributed by atoms with Crippen LogP contribution in [0.25, 0.3) is 0 Å². The summed E-state index contributed by atoms with van der Waals surface area (Å²) in [7, 11) is 1.36. The number of amides is 3. The maximum Gasteiger partial charge on any atom is 0.409 e. The van der Waals surface area contributed by atoms with Gasteiger partial charge in [0.05, 0.1) is 13.4 Å². The van der Waals surface area contributed by atoms with Crippen LogP contribution < -0.4 is 0 Å². The van der Waals surface area contributed by atoms with Gasteiger partial charge in [-0.2, -0.15) is 0 Å². The number of hydrogen-bond donors (Lipinski definition) is 0. The molecule has 1 unspecified atom stereocenters. The van der Waals surface area contributed by atoms with Gasteiger partial charge in [0.1, 0.15) is 6.04 Å². The van der Waals surface area contributed by atoms with Gasteiger partial charge in [-0.1, -0.05) is 0 Å². The SMILES string of the molecule is COC(=O)N1CCCN(C(=O)C2CCCCN2C(=O)c2ccco2)CC1. The van der Waals surface area contributed by atoms with E-state index in [1.807, 2.05) is 0 Å². The van der Waals surface area contributed by atoms with Crippen molar-refractivity contribution in [3.63, 3.8) is 0 Å². The lowest BCUT2D eigenvalue weighted by atomic mass is 10.00. The highest BCUT2D eigenvalue weighted by Crippen LogP contribution is 2.22. The molecule has 2 aliphatic heterocycles. The molecule has 0 aliphatic carbocycles. The van der Waals surface area contributed by atoms with E-state index in [4.69, 9.17) is 9.15 Å². The average molecular weight is 363 g/mol. The van der Waals surface area contributed by atoms with Crippen LogP contribution in [0.3, 0.4) is 0 Å². The van der Waals surface area contributed by atoms with Gasteiger partial charge in [0.15, 0.2) is 5.76 Å². The van der Waals surface area contributed by atoms with E-state index in [1.54, 1.807) is 26.8 Å². The molecule has 0 aromatic carbocycles. The summed E-state index contributed by atoms with van der Waals surface area (Å²) in [4.78, 5) is 42.5. The van der Waals surface area contributed by atoms with Crippen molar-refractivity contribution < 1.29 is 23.5 Å². The van der Waals surface area contributed by atoms with Crippen LogP contribution >= 0.6 is 0 Å². The Kier molecular flexibility index (Phi) is 5.80. The molecule has 2 aliphatic rings. The molecule has 0 radical (unpaired) electrons. The highest BCUT2D eigenvalue weighted by atomic mass is 16.5. The fraction of sp³-hybridized carbons (Fsp3) is 0.611. The first-order valence-electron chi connectivity index (χ1n) is 9.08. The van der Waals surface area contributed by atoms with Gasteiger partial charge in [0, 0.05) is 32.7 Å². The fourth-order valence-electron chi connectivity index (χ4n) is 3.63. The Bertz CT molecular complexity index is 645. The third-order valence-corrected chi connectivity index (χ3v) is 5.02. The van der Waals surface area contributed by atoms with Crippen LogP contribution in [-0.4, -0.2) is 78.5 Å². The predicted molar refractivity (Wildman–Crippen MR) is 92.6 cm³/mol. The van der Waals surface area contributed by atoms with E-state index in [0.717, 1.165) is 12.8 Å². The highest BCUT2D eigenvalue weighted by Gasteiger charge is 2.36. The van der Waals surface area contributed by atoms with Crippen LogP contribution in [-0.2, 0) is 9.53 Å². The quantitative estimate of drug-likeness (QED) is 0.797. The molecule has 1 atom stereocenters. The summed E-state index contributed by atoms with van der Waals surface area (Å²) >= 11 is 0. The molecule has 142 valence electrons. The molecule has 26 heavy (non-hydrogen) atoms. The smallest absolute Gasteiger partial charge is 0.409 e. The number of carbonyl (C=O) groups excluding carboxylic acids is 3. The van der Waals surface area contributed by atoms with Gasteiger partial charge < -0.3 is 23.9 Å². The second-order valence-corrected chi connectivity index (χ2v) is 6.62. The Morgan fingerprint density at radius 3 is 2.54 bits per heavy atom. The molecule has 1 aromatic rings. The number of rotatable bonds is 2. The number of likely N-dealkylation sites (tertiary alicyclic amines) is 1. The van der Waals surface area contributed by atoms with Gasteiger partial charge in [0.2, 0.25) is 5.91 Å². The normalized spacial score (nSPS) is 21.3. The summed E-state index contributed by atoms with van der Waals surface area (Å²) in [6.45, 7) is 2.59. The predicted octanol–water partition coefficient (Wildman–Crippen LogP) is 1.57. The topological polar surface area (TPSA) is 83.3 Å². The van der Waals surface area contributed by atoms with E-state index in [0.29, 0.717) is 45.6 Å². The van der Waals surface area contributed by atoms with Gasteiger partial charge >= 0.3 is 6.09 Å². The van der Waals surface area contributed by atoms with Gasteiger partial charge in [-0.25, -0.2) is 4.79 Å². The number of nitrogens with zero attached hydrogens (tertiary/aromatic N) is 3. The summed E-state index contributed by atoms with van der Waals surface area (Å²) in [6, 6.07) is 2.83. The maximum absolute atomic E-state index is 13.1. The minimum absolute atomic E-state index is 0.0451. The summed E-state index contributed by atoms with van der Waals surface area (Å²) in [5.74, 6) is -0.0205. The lowest BCUT2D eigenvalue weighted by Gasteiger charge is -2.37. The fourth-order valence-corrected chi connectivity index (χ4v) is 3.63. The molecule has 8 heteroatoms. The molecule has 0 bridgehead atoms. The molecule has 0 spiro atoms. The summed E-state index contributed by atoms with van der Waals surface area (Å²) < 4.78 is 9.99. The van der Waals surface area contributed by atoms with E-state index in [2.05, 4.69) is 0 Å². The van der Waals surface area contributed by atoms with E-state index >= 15 is 0 Å². The van der Waals surface area contributed by atoms with Crippen molar-refractivity contribution in [3.05, 3.63) is 24.2 Å². The van der Waals surface area contributed by atoms with E-state index in [-0.39, 0.29) is 23.7 Å². The molecule has 3 heterocycles. The number of hydrogen-bond acceptors (Lipinski definition) is 5. The molecule has 1 aromatic heterocycles. The molecule has 2 saturated heterocycles. The Labute approximate surface area is 152 Å². The van der Waals surface area contributed by atoms with Crippen LogP contribution in [0.2, 0.25) is 0 Å². The van der Waals surface area contributed by atoms with Crippen molar-refractivity contribution in [2.75, 3.05) is 39.8 Å². The van der Waals surface area contributed by atoms with Crippen molar-refractivity contribution in [2.24, 2.45) is 0 Å². The lowest BCUT2D eigenvalue weighted by Crippen LogP contribution is -2.53. The zero-order chi connectivity index (χ0) is 18.5. The summed E-state index contributed by atoms with van der Waals surface area (Å²) in [6.07, 6.45) is 4.24. The van der Waals surface area contributed by atoms with Crippen molar-refractivity contribution in [3.8, 4) is 0 Å². The van der Waals surface area contributed by atoms with Crippen molar-refractivity contribution >= 4 is 17.9 Å². The molecular formula is C18H25N3O5. The van der Waals surface area contributed by atoms with Crippen LogP contribution in [0.4, 0.5) is 4.79 Å². The van der Waals surface area contributed by atoms with Crippen LogP contribution in [0.15, 0.2) is 22.8 Å². The molecule has 3 amide bonds. The zero-order valence-corrected chi connectivity index (χ0v) is 15.1. The summed E-state index contributed by atoms with van der Waals surface area (Å²) in [5.41, 5.74) is 0. The summed E-state index contributed by atoms with van der Waals surface area (Å²) in [5, 5.41) is 0. The Hall–Kier alpha value is -2.51. The van der Waals surface area contributed by atoms with E-state index in [9.17, 15) is 14.4 Å². The van der Waals surface area contributed by atoms with Crippen LogP contribution in [0.5, 0.6) is 0 Å². The van der Waals surface area contributed by atoms with Crippen molar-refractivity contribution in [1.29, 1.82) is 0 Å². The number of piperidine rings is 1. The number of methoxy groups -OCH3 is 1. The average Bonchev–Trinajstić information content (AvgIpc) is 3.11. The Balaban J connectivity index is 1.68. The maximum atomic E-state index is 13.1. The number of furan rings is 1. The molecular weight excluding hydrogens is 338 g/mol. The second kappa shape index (κ2) is 8.25. The van der Waals surface area contributed by atoms with Crippen molar-refractivity contribution in [1.82, 2.24) is 14.7 Å². The van der Waals surface area contributed by atoms with Gasteiger partial charge in [-0.15, -0.1) is 0 Å². The van der Waals surface area contributed by atoms with Crippen molar-refractivity contribution in [2.45, 2.75) is 31.7 Å². The van der Waals surface area contributed by atoms with Crippen LogP contribution in [0.1, 0.15) is 36.2 Å². The van der Waals surface area contributed by atoms with Gasteiger partial charge in [0.25, 0.3) is 5.91 Å². The first kappa shape index (κ1) is 18.3. The number of carbonyl (C=O) groups is 3. The van der Waals surface area contributed by atoms with Gasteiger partial charge in [-0.05, 0) is 37.8 Å². The largest absolute Gasteiger partial charge is 0.459 e. The first-order valence-corrected chi connectivity index (χ1v) is 9.08. The molecule has 2 fully saturated rings. The lowest BCUT2D eigenvalue weighted by molar-refractivity contribution is -0.137. The molecule has 0 saturated carbocycles. The van der Waals surface area contributed by atoms with E-state index in [1.165, 1.54) is 13.4 Å². The third kappa shape index (κ3) is 3.84. The molecule has 8 nitrogen and oxygen atoms in total. The minimum Gasteiger partial charge on any atom is -0.459 e. The first-order chi connectivity index (χ1) is 12.6. The third-order valence-electron chi connectivity index (χ3n) is 5.02. The monoisotopic (exact) mass is 363 g/mol. The molecule has 3 rings (SSSR count). The minimum atomic E-state index is -0.467. The molecule has 0 N–H and O–H groups in total. The van der Waals surface area contributed by atoms with Gasteiger partial charge in [-0.3, -0.25) is 9.59 Å².